The number of H-pyrrole nitrogens is 1. The van der Waals surface area contributed by atoms with Gasteiger partial charge in [0.15, 0.2) is 11.5 Å². The van der Waals surface area contributed by atoms with E-state index in [4.69, 9.17) is 14.5 Å². The average molecular weight is 530 g/mol. The molecule has 0 fully saturated rings. The maximum absolute atomic E-state index is 14.1. The second-order valence-electron chi connectivity index (χ2n) is 9.78. The second-order valence-corrected chi connectivity index (χ2v) is 9.78. The summed E-state index contributed by atoms with van der Waals surface area (Å²) in [5, 5.41) is 9.91. The summed E-state index contributed by atoms with van der Waals surface area (Å²) in [6, 6.07) is 10.3. The Morgan fingerprint density at radius 3 is 2.59 bits per heavy atom. The van der Waals surface area contributed by atoms with Gasteiger partial charge in [-0.3, -0.25) is 14.2 Å². The highest BCUT2D eigenvalue weighted by Crippen LogP contribution is 2.37. The van der Waals surface area contributed by atoms with Crippen LogP contribution in [0.1, 0.15) is 35.6 Å². The van der Waals surface area contributed by atoms with Crippen molar-refractivity contribution < 1.29 is 9.47 Å². The fraction of sp³-hybridized carbons (Fsp3) is 0.379. The quantitative estimate of drug-likeness (QED) is 0.356. The zero-order chi connectivity index (χ0) is 27.5. The monoisotopic (exact) mass is 529 g/mol. The summed E-state index contributed by atoms with van der Waals surface area (Å²) < 4.78 is 15.1. The standard InChI is InChI=1S/C29H35N7O3/c1-6-39-25-14-21-8-7-10-35-23(22(21)15-24(25)38-5)16-26(33-27-19(3)12-18(2)13-20(27)4)36(29(35)37)11-9-30-28-31-17-32-34-28/h12-17H,6-11H2,1-5H3,(H2,30,31,32,34)/b33-26+. The van der Waals surface area contributed by atoms with E-state index in [0.717, 1.165) is 52.2 Å². The van der Waals surface area contributed by atoms with Crippen molar-refractivity contribution in [2.24, 2.45) is 4.99 Å². The summed E-state index contributed by atoms with van der Waals surface area (Å²) in [6.45, 7) is 10.2. The molecule has 0 spiro atoms. The van der Waals surface area contributed by atoms with Crippen molar-refractivity contribution in [3.63, 3.8) is 0 Å². The molecule has 3 heterocycles. The van der Waals surface area contributed by atoms with Crippen LogP contribution >= 0.6 is 0 Å². The number of rotatable bonds is 8. The molecule has 2 N–H and O–H groups in total. The maximum atomic E-state index is 14.1. The zero-order valence-corrected chi connectivity index (χ0v) is 23.2. The van der Waals surface area contributed by atoms with E-state index in [2.05, 4.69) is 53.4 Å². The second kappa shape index (κ2) is 11.2. The number of fused-ring (bicyclic) bond motifs is 3. The van der Waals surface area contributed by atoms with Crippen LogP contribution < -0.4 is 26.0 Å². The first-order valence-electron chi connectivity index (χ1n) is 13.3. The van der Waals surface area contributed by atoms with Gasteiger partial charge in [-0.05, 0) is 69.4 Å². The van der Waals surface area contributed by atoms with Crippen LogP contribution in [-0.4, -0.2) is 44.6 Å². The van der Waals surface area contributed by atoms with Gasteiger partial charge < -0.3 is 14.8 Å². The van der Waals surface area contributed by atoms with Gasteiger partial charge in [-0.2, -0.15) is 0 Å². The summed E-state index contributed by atoms with van der Waals surface area (Å²) in [4.78, 5) is 23.3. The van der Waals surface area contributed by atoms with Crippen LogP contribution in [0.15, 0.2) is 46.4 Å². The van der Waals surface area contributed by atoms with E-state index in [1.807, 2.05) is 29.7 Å². The van der Waals surface area contributed by atoms with Gasteiger partial charge in [-0.1, -0.05) is 17.7 Å². The molecule has 0 unspecified atom stereocenters. The van der Waals surface area contributed by atoms with E-state index in [9.17, 15) is 4.79 Å². The van der Waals surface area contributed by atoms with Gasteiger partial charge in [-0.15, -0.1) is 5.10 Å². The van der Waals surface area contributed by atoms with E-state index in [1.165, 1.54) is 11.9 Å². The third kappa shape index (κ3) is 5.32. The predicted octanol–water partition coefficient (Wildman–Crippen LogP) is 4.06. The molecular formula is C29H35N7O3. The number of ether oxygens (including phenoxy) is 2. The number of hydrogen-bond donors (Lipinski definition) is 2. The van der Waals surface area contributed by atoms with Crippen LogP contribution in [0.2, 0.25) is 0 Å². The fourth-order valence-electron chi connectivity index (χ4n) is 5.31. The van der Waals surface area contributed by atoms with Gasteiger partial charge >= 0.3 is 5.69 Å². The molecular weight excluding hydrogens is 494 g/mol. The van der Waals surface area contributed by atoms with E-state index in [0.29, 0.717) is 43.4 Å². The van der Waals surface area contributed by atoms with Crippen molar-refractivity contribution in [3.05, 3.63) is 74.9 Å². The fourth-order valence-corrected chi connectivity index (χ4v) is 5.31. The summed E-state index contributed by atoms with van der Waals surface area (Å²) in [6.07, 6.45) is 3.18. The molecule has 0 radical (unpaired) electrons. The summed E-state index contributed by atoms with van der Waals surface area (Å²) in [5.74, 6) is 1.85. The number of aromatic nitrogens is 5. The minimum Gasteiger partial charge on any atom is -0.493 e. The van der Waals surface area contributed by atoms with Gasteiger partial charge in [0, 0.05) is 31.3 Å². The minimum absolute atomic E-state index is 0.105. The van der Waals surface area contributed by atoms with E-state index in [-0.39, 0.29) is 5.69 Å². The normalized spacial score (nSPS) is 13.0. The number of anilines is 1. The highest BCUT2D eigenvalue weighted by atomic mass is 16.5. The topological polar surface area (TPSA) is 111 Å². The third-order valence-corrected chi connectivity index (χ3v) is 6.98. The molecule has 2 aromatic carbocycles. The number of benzene rings is 2. The lowest BCUT2D eigenvalue weighted by molar-refractivity contribution is 0.310. The average Bonchev–Trinajstić information content (AvgIpc) is 3.36. The molecule has 0 amide bonds. The van der Waals surface area contributed by atoms with Crippen molar-refractivity contribution >= 4 is 11.6 Å². The van der Waals surface area contributed by atoms with Crippen molar-refractivity contribution in [2.75, 3.05) is 25.6 Å². The Hall–Kier alpha value is -4.34. The van der Waals surface area contributed by atoms with E-state index < -0.39 is 0 Å². The third-order valence-electron chi connectivity index (χ3n) is 6.98. The van der Waals surface area contributed by atoms with Gasteiger partial charge in [0.2, 0.25) is 5.95 Å². The number of methoxy groups -OCH3 is 1. The SMILES string of the molecule is CCOc1cc2c(cc1OC)-c1c/c(=N\c3c(C)cc(C)cc3C)n(CCNc3nc[nH]n3)c(=O)n1CCC2. The summed E-state index contributed by atoms with van der Waals surface area (Å²) in [5.41, 5.74) is 7.59. The Bertz CT molecular complexity index is 1590. The number of hydrogen-bond acceptors (Lipinski definition) is 7. The van der Waals surface area contributed by atoms with Crippen LogP contribution in [0.4, 0.5) is 11.6 Å². The molecule has 1 aliphatic rings. The molecule has 4 aromatic rings. The van der Waals surface area contributed by atoms with Crippen LogP contribution in [0.3, 0.4) is 0 Å². The zero-order valence-electron chi connectivity index (χ0n) is 23.2. The van der Waals surface area contributed by atoms with Gasteiger partial charge in [0.25, 0.3) is 0 Å². The molecule has 204 valence electrons. The number of nitrogens with one attached hydrogen (secondary N) is 2. The number of nitrogens with zero attached hydrogens (tertiary/aromatic N) is 5. The highest BCUT2D eigenvalue weighted by Gasteiger charge is 2.21. The van der Waals surface area contributed by atoms with Crippen LogP contribution in [0, 0.1) is 20.8 Å². The van der Waals surface area contributed by atoms with Crippen molar-refractivity contribution in [1.82, 2.24) is 24.3 Å². The van der Waals surface area contributed by atoms with Gasteiger partial charge in [0.05, 0.1) is 25.1 Å². The Kier molecular flexibility index (Phi) is 7.53. The first-order valence-corrected chi connectivity index (χ1v) is 13.3. The van der Waals surface area contributed by atoms with Crippen molar-refractivity contribution in [1.29, 1.82) is 0 Å². The molecule has 0 bridgehead atoms. The Morgan fingerprint density at radius 2 is 1.90 bits per heavy atom. The molecule has 0 atom stereocenters. The summed E-state index contributed by atoms with van der Waals surface area (Å²) >= 11 is 0. The Balaban J connectivity index is 1.71. The van der Waals surface area contributed by atoms with Gasteiger partial charge in [-0.25, -0.2) is 14.8 Å². The molecule has 0 aliphatic carbocycles. The first kappa shape index (κ1) is 26.3. The van der Waals surface area contributed by atoms with Crippen LogP contribution in [-0.2, 0) is 19.5 Å². The lowest BCUT2D eigenvalue weighted by Crippen LogP contribution is -2.42. The molecule has 10 nitrogen and oxygen atoms in total. The molecule has 1 aliphatic heterocycles. The predicted molar refractivity (Wildman–Crippen MR) is 151 cm³/mol. The first-order chi connectivity index (χ1) is 18.9. The maximum Gasteiger partial charge on any atom is 0.330 e. The summed E-state index contributed by atoms with van der Waals surface area (Å²) in [7, 11) is 1.64. The lowest BCUT2D eigenvalue weighted by atomic mass is 10.0. The van der Waals surface area contributed by atoms with E-state index in [1.54, 1.807) is 11.7 Å². The lowest BCUT2D eigenvalue weighted by Gasteiger charge is -2.18. The van der Waals surface area contributed by atoms with Crippen molar-refractivity contribution in [3.8, 4) is 22.8 Å². The smallest absolute Gasteiger partial charge is 0.330 e. The van der Waals surface area contributed by atoms with E-state index >= 15 is 0 Å². The highest BCUT2D eigenvalue weighted by molar-refractivity contribution is 5.69. The molecule has 2 aromatic heterocycles. The largest absolute Gasteiger partial charge is 0.493 e. The van der Waals surface area contributed by atoms with Crippen molar-refractivity contribution in [2.45, 2.75) is 53.6 Å². The van der Waals surface area contributed by atoms with Gasteiger partial charge in [0.1, 0.15) is 11.8 Å². The molecule has 0 saturated carbocycles. The van der Waals surface area contributed by atoms with Crippen LogP contribution in [0.5, 0.6) is 11.5 Å². The molecule has 5 rings (SSSR count). The Morgan fingerprint density at radius 1 is 1.10 bits per heavy atom. The molecule has 0 saturated heterocycles. The molecule has 10 heteroatoms. The molecule has 39 heavy (non-hydrogen) atoms. The van der Waals surface area contributed by atoms with Crippen LogP contribution in [0.25, 0.3) is 11.3 Å². The number of aryl methyl sites for hydroxylation is 4. The Labute approximate surface area is 227 Å². The minimum atomic E-state index is -0.105. The number of aromatic amines is 1.